The van der Waals surface area contributed by atoms with Crippen molar-refractivity contribution in [1.29, 1.82) is 5.26 Å². The Balaban J connectivity index is 1.62. The highest BCUT2D eigenvalue weighted by Crippen LogP contribution is 2.39. The number of aldehydes is 1. The lowest BCUT2D eigenvalue weighted by atomic mass is 10.2. The molecule has 35 heavy (non-hydrogen) atoms. The van der Waals surface area contributed by atoms with Crippen LogP contribution in [0.2, 0.25) is 10.0 Å². The van der Waals surface area contributed by atoms with Crippen molar-refractivity contribution in [2.45, 2.75) is 11.8 Å². The zero-order valence-corrected chi connectivity index (χ0v) is 20.4. The number of rotatable bonds is 7. The third-order valence-corrected chi connectivity index (χ3v) is 7.22. The number of nitriles is 1. The van der Waals surface area contributed by atoms with Gasteiger partial charge in [0.05, 0.1) is 26.1 Å². The third kappa shape index (κ3) is 5.00. The number of hydrazone groups is 1. The molecule has 0 bridgehead atoms. The van der Waals surface area contributed by atoms with Crippen molar-refractivity contribution in [1.82, 2.24) is 3.97 Å². The Morgan fingerprint density at radius 1 is 1.09 bits per heavy atom. The molecule has 0 atom stereocenters. The number of nitrogens with zero attached hydrogens (tertiary/aromatic N) is 3. The molecule has 0 aliphatic carbocycles. The molecule has 4 aromatic rings. The quantitative estimate of drug-likeness (QED) is 0.185. The first kappa shape index (κ1) is 24.3. The summed E-state index contributed by atoms with van der Waals surface area (Å²) in [5.74, 6) is 0.558. The van der Waals surface area contributed by atoms with E-state index in [9.17, 15) is 13.2 Å². The Bertz CT molecular complexity index is 1600. The summed E-state index contributed by atoms with van der Waals surface area (Å²) in [4.78, 5) is 10.9. The molecule has 0 aliphatic rings. The van der Waals surface area contributed by atoms with Gasteiger partial charge in [-0.1, -0.05) is 40.9 Å². The van der Waals surface area contributed by atoms with Crippen LogP contribution in [-0.4, -0.2) is 24.4 Å². The van der Waals surface area contributed by atoms with Crippen molar-refractivity contribution in [3.8, 4) is 17.6 Å². The molecule has 3 aromatic carbocycles. The molecule has 0 unspecified atom stereocenters. The first-order chi connectivity index (χ1) is 16.7. The van der Waals surface area contributed by atoms with E-state index in [1.54, 1.807) is 54.6 Å². The van der Waals surface area contributed by atoms with Crippen LogP contribution in [0, 0.1) is 18.3 Å². The van der Waals surface area contributed by atoms with E-state index in [-0.39, 0.29) is 26.4 Å². The molecule has 11 heteroatoms. The van der Waals surface area contributed by atoms with Gasteiger partial charge in [0.2, 0.25) is 0 Å². The van der Waals surface area contributed by atoms with Gasteiger partial charge in [0, 0.05) is 11.6 Å². The lowest BCUT2D eigenvalue weighted by Gasteiger charge is -2.12. The number of carbonyl (C=O) groups is 1. The minimum Gasteiger partial charge on any atom is -0.454 e. The number of nitrogens with one attached hydrogen (secondary N) is 1. The molecular formula is C24H16Cl2N4O4S. The molecule has 1 N–H and O–H groups in total. The van der Waals surface area contributed by atoms with E-state index in [0.717, 1.165) is 5.56 Å². The van der Waals surface area contributed by atoms with Gasteiger partial charge in [0.25, 0.3) is 10.0 Å². The molecule has 8 nitrogen and oxygen atoms in total. The maximum absolute atomic E-state index is 13.1. The zero-order valence-electron chi connectivity index (χ0n) is 18.1. The van der Waals surface area contributed by atoms with Gasteiger partial charge >= 0.3 is 0 Å². The molecule has 0 radical (unpaired) electrons. The van der Waals surface area contributed by atoms with Crippen LogP contribution >= 0.6 is 23.2 Å². The maximum Gasteiger partial charge on any atom is 0.268 e. The number of aryl methyl sites for hydroxylation is 1. The fraction of sp³-hybridized carbons (Fsp3) is 0.0417. The molecule has 0 amide bonds. The van der Waals surface area contributed by atoms with Crippen LogP contribution in [0.25, 0.3) is 10.9 Å². The lowest BCUT2D eigenvalue weighted by Crippen LogP contribution is -2.11. The molecule has 1 heterocycles. The molecule has 0 aliphatic heterocycles. The Hall–Kier alpha value is -3.84. The van der Waals surface area contributed by atoms with E-state index in [4.69, 9.17) is 33.2 Å². The smallest absolute Gasteiger partial charge is 0.268 e. The highest BCUT2D eigenvalue weighted by atomic mass is 35.5. The van der Waals surface area contributed by atoms with Crippen molar-refractivity contribution in [2.24, 2.45) is 5.10 Å². The predicted octanol–water partition coefficient (Wildman–Crippen LogP) is 5.78. The van der Waals surface area contributed by atoms with Crippen molar-refractivity contribution in [2.75, 3.05) is 5.43 Å². The molecule has 0 saturated heterocycles. The largest absolute Gasteiger partial charge is 0.454 e. The van der Waals surface area contributed by atoms with Gasteiger partial charge in [0.15, 0.2) is 17.7 Å². The van der Waals surface area contributed by atoms with Gasteiger partial charge in [-0.2, -0.15) is 10.4 Å². The Labute approximate surface area is 211 Å². The highest BCUT2D eigenvalue weighted by molar-refractivity contribution is 7.90. The second kappa shape index (κ2) is 9.80. The van der Waals surface area contributed by atoms with Gasteiger partial charge in [-0.3, -0.25) is 10.2 Å². The summed E-state index contributed by atoms with van der Waals surface area (Å²) in [5.41, 5.74) is 3.97. The predicted molar refractivity (Wildman–Crippen MR) is 135 cm³/mol. The van der Waals surface area contributed by atoms with Crippen LogP contribution < -0.4 is 10.2 Å². The Kier molecular flexibility index (Phi) is 6.80. The van der Waals surface area contributed by atoms with Gasteiger partial charge in [-0.25, -0.2) is 12.4 Å². The van der Waals surface area contributed by atoms with Gasteiger partial charge in [0.1, 0.15) is 11.8 Å². The van der Waals surface area contributed by atoms with E-state index in [1.165, 1.54) is 22.3 Å². The standard InChI is InChI=1S/C24H16Cl2N4O4S/c1-15-2-5-20(6-3-15)35(32,33)30-9-8-16-10-19(4-7-23(16)30)34-24-21(25)11-17(12-22(24)26)28-29-18(13-27)14-31/h2-12,14,28H,1H3/b29-18-. The summed E-state index contributed by atoms with van der Waals surface area (Å²) in [7, 11) is -3.77. The topological polar surface area (TPSA) is 114 Å². The average Bonchev–Trinajstić information content (AvgIpc) is 3.26. The van der Waals surface area contributed by atoms with E-state index >= 15 is 0 Å². The number of hydrogen-bond donors (Lipinski definition) is 1. The second-order valence-corrected chi connectivity index (χ2v) is 9.99. The van der Waals surface area contributed by atoms with Gasteiger partial charge in [-0.15, -0.1) is 0 Å². The van der Waals surface area contributed by atoms with Crippen molar-refractivity contribution < 1.29 is 17.9 Å². The monoisotopic (exact) mass is 526 g/mol. The number of halogens is 2. The maximum atomic E-state index is 13.1. The molecular weight excluding hydrogens is 511 g/mol. The minimum atomic E-state index is -3.77. The summed E-state index contributed by atoms with van der Waals surface area (Å²) in [6.07, 6.45) is 1.79. The van der Waals surface area contributed by atoms with E-state index in [0.29, 0.717) is 28.6 Å². The van der Waals surface area contributed by atoms with Crippen LogP contribution in [0.1, 0.15) is 5.56 Å². The SMILES string of the molecule is Cc1ccc(S(=O)(=O)n2ccc3cc(Oc4c(Cl)cc(N/N=C(/C#N)C=O)cc4Cl)ccc32)cc1. The van der Waals surface area contributed by atoms with E-state index in [1.807, 2.05) is 6.92 Å². The van der Waals surface area contributed by atoms with E-state index < -0.39 is 10.0 Å². The highest BCUT2D eigenvalue weighted by Gasteiger charge is 2.19. The molecule has 1 aromatic heterocycles. The molecule has 0 spiro atoms. The number of benzene rings is 3. The fourth-order valence-electron chi connectivity index (χ4n) is 3.23. The lowest BCUT2D eigenvalue weighted by molar-refractivity contribution is -0.102. The summed E-state index contributed by atoms with van der Waals surface area (Å²) in [6, 6.07) is 17.8. The summed E-state index contributed by atoms with van der Waals surface area (Å²) >= 11 is 12.6. The summed E-state index contributed by atoms with van der Waals surface area (Å²) < 4.78 is 33.3. The van der Waals surface area contributed by atoms with Crippen LogP contribution in [-0.2, 0) is 14.8 Å². The molecule has 0 fully saturated rings. The third-order valence-electron chi connectivity index (χ3n) is 4.95. The summed E-state index contributed by atoms with van der Waals surface area (Å²) in [5, 5.41) is 13.3. The van der Waals surface area contributed by atoms with Gasteiger partial charge in [-0.05, 0) is 55.5 Å². The minimum absolute atomic E-state index is 0.152. The number of ether oxygens (including phenoxy) is 1. The molecule has 4 rings (SSSR count). The summed E-state index contributed by atoms with van der Waals surface area (Å²) in [6.45, 7) is 1.89. The Morgan fingerprint density at radius 2 is 1.77 bits per heavy atom. The number of anilines is 1. The number of fused-ring (bicyclic) bond motifs is 1. The fourth-order valence-corrected chi connectivity index (χ4v) is 5.15. The molecule has 176 valence electrons. The first-order valence-corrected chi connectivity index (χ1v) is 12.2. The molecule has 0 saturated carbocycles. The zero-order chi connectivity index (χ0) is 25.2. The average molecular weight is 527 g/mol. The van der Waals surface area contributed by atoms with Crippen LogP contribution in [0.4, 0.5) is 5.69 Å². The first-order valence-electron chi connectivity index (χ1n) is 10.0. The normalized spacial score (nSPS) is 11.8. The second-order valence-electron chi connectivity index (χ2n) is 7.36. The number of aromatic nitrogens is 1. The van der Waals surface area contributed by atoms with E-state index in [2.05, 4.69) is 10.5 Å². The van der Waals surface area contributed by atoms with Crippen LogP contribution in [0.15, 0.2) is 76.9 Å². The van der Waals surface area contributed by atoms with Crippen LogP contribution in [0.5, 0.6) is 11.5 Å². The van der Waals surface area contributed by atoms with Crippen LogP contribution in [0.3, 0.4) is 0 Å². The Morgan fingerprint density at radius 3 is 2.40 bits per heavy atom. The van der Waals surface area contributed by atoms with Gasteiger partial charge < -0.3 is 4.74 Å². The number of hydrogen-bond acceptors (Lipinski definition) is 7. The van der Waals surface area contributed by atoms with Crippen molar-refractivity contribution in [3.05, 3.63) is 82.5 Å². The number of carbonyl (C=O) groups excluding carboxylic acids is 1. The van der Waals surface area contributed by atoms with Crippen molar-refractivity contribution in [3.63, 3.8) is 0 Å². The van der Waals surface area contributed by atoms with Crippen molar-refractivity contribution >= 4 is 61.8 Å².